The van der Waals surface area contributed by atoms with E-state index in [1.807, 2.05) is 0 Å². The molecule has 1 aromatic rings. The highest BCUT2D eigenvalue weighted by molar-refractivity contribution is 5.58. The van der Waals surface area contributed by atoms with Gasteiger partial charge in [-0.25, -0.2) is 0 Å². The molecule has 2 N–H and O–H groups in total. The van der Waals surface area contributed by atoms with E-state index in [0.29, 0.717) is 0 Å². The molecule has 2 fully saturated rings. The van der Waals surface area contributed by atoms with E-state index in [1.54, 1.807) is 5.56 Å². The average Bonchev–Trinajstić information content (AvgIpc) is 2.99. The molecule has 18 heavy (non-hydrogen) atoms. The summed E-state index contributed by atoms with van der Waals surface area (Å²) in [4.78, 5) is 2.64. The van der Waals surface area contributed by atoms with Gasteiger partial charge in [0.25, 0.3) is 0 Å². The minimum atomic E-state index is 0.877. The van der Waals surface area contributed by atoms with Gasteiger partial charge in [-0.3, -0.25) is 0 Å². The predicted octanol–water partition coefficient (Wildman–Crippen LogP) is 0.988. The molecule has 3 nitrogen and oxygen atoms in total. The number of fused-ring (bicyclic) bond motifs is 2. The molecule has 0 radical (unpaired) electrons. The molecule has 0 spiro atoms. The quantitative estimate of drug-likeness (QED) is 0.770. The van der Waals surface area contributed by atoms with Crippen molar-refractivity contribution >= 4 is 5.69 Å². The highest BCUT2D eigenvalue weighted by atomic mass is 15.2. The summed E-state index contributed by atoms with van der Waals surface area (Å²) in [6.45, 7) is 7.12. The number of benzene rings is 1. The second-order valence-corrected chi connectivity index (χ2v) is 5.92. The highest BCUT2D eigenvalue weighted by Crippen LogP contribution is 2.34. The predicted molar refractivity (Wildman–Crippen MR) is 73.9 cm³/mol. The van der Waals surface area contributed by atoms with Crippen LogP contribution in [0.15, 0.2) is 18.2 Å². The van der Waals surface area contributed by atoms with Gasteiger partial charge in [0.05, 0.1) is 0 Å². The lowest BCUT2D eigenvalue weighted by Crippen LogP contribution is -2.29. The van der Waals surface area contributed by atoms with Gasteiger partial charge in [-0.15, -0.1) is 0 Å². The fraction of sp³-hybridized carbons (Fsp3) is 0.600. The van der Waals surface area contributed by atoms with Gasteiger partial charge in [-0.2, -0.15) is 0 Å². The van der Waals surface area contributed by atoms with Crippen molar-refractivity contribution in [1.82, 2.24) is 10.6 Å². The Balaban J connectivity index is 1.65. The number of rotatable bonds is 1. The van der Waals surface area contributed by atoms with Crippen molar-refractivity contribution in [3.8, 4) is 0 Å². The Kier molecular flexibility index (Phi) is 2.55. The van der Waals surface area contributed by atoms with Gasteiger partial charge in [0, 0.05) is 38.4 Å². The minimum absolute atomic E-state index is 0.877. The highest BCUT2D eigenvalue weighted by Gasteiger charge is 2.36. The third kappa shape index (κ3) is 1.65. The molecule has 96 valence electrons. The Hall–Kier alpha value is -1.06. The zero-order valence-electron chi connectivity index (χ0n) is 10.8. The first kappa shape index (κ1) is 10.8. The smallest absolute Gasteiger partial charge is 0.0402 e. The van der Waals surface area contributed by atoms with Crippen molar-refractivity contribution in [1.29, 1.82) is 0 Å². The van der Waals surface area contributed by atoms with Gasteiger partial charge in [-0.1, -0.05) is 12.1 Å². The van der Waals surface area contributed by atoms with Crippen molar-refractivity contribution in [2.45, 2.75) is 13.0 Å². The molecule has 0 amide bonds. The van der Waals surface area contributed by atoms with Crippen molar-refractivity contribution in [2.24, 2.45) is 11.8 Å². The molecule has 2 atom stereocenters. The third-order valence-electron chi connectivity index (χ3n) is 4.85. The third-order valence-corrected chi connectivity index (χ3v) is 4.85. The molecule has 0 bridgehead atoms. The molecular formula is C15H21N3. The van der Waals surface area contributed by atoms with Gasteiger partial charge in [0.2, 0.25) is 0 Å². The molecule has 4 rings (SSSR count). The molecule has 2 unspecified atom stereocenters. The van der Waals surface area contributed by atoms with Crippen LogP contribution in [-0.2, 0) is 13.0 Å². The molecule has 2 saturated heterocycles. The topological polar surface area (TPSA) is 27.3 Å². The van der Waals surface area contributed by atoms with Crippen molar-refractivity contribution < 1.29 is 0 Å². The molecule has 3 aliphatic rings. The van der Waals surface area contributed by atoms with Crippen LogP contribution in [0.25, 0.3) is 0 Å². The van der Waals surface area contributed by atoms with E-state index in [-0.39, 0.29) is 0 Å². The molecule has 1 aromatic carbocycles. The molecular weight excluding hydrogens is 222 g/mol. The Morgan fingerprint density at radius 1 is 1.06 bits per heavy atom. The Bertz CT molecular complexity index is 445. The number of nitrogens with one attached hydrogen (secondary N) is 2. The lowest BCUT2D eigenvalue weighted by Gasteiger charge is -2.27. The van der Waals surface area contributed by atoms with Crippen LogP contribution in [0.5, 0.6) is 0 Å². The summed E-state index contributed by atoms with van der Waals surface area (Å²) >= 11 is 0. The van der Waals surface area contributed by atoms with Gasteiger partial charge in [-0.05, 0) is 42.0 Å². The van der Waals surface area contributed by atoms with Gasteiger partial charge in [0.1, 0.15) is 0 Å². The fourth-order valence-corrected chi connectivity index (χ4v) is 3.86. The first-order valence-electron chi connectivity index (χ1n) is 7.19. The first-order valence-corrected chi connectivity index (χ1v) is 7.19. The maximum Gasteiger partial charge on any atom is 0.0402 e. The van der Waals surface area contributed by atoms with Crippen LogP contribution in [0, 0.1) is 11.8 Å². The second-order valence-electron chi connectivity index (χ2n) is 5.92. The van der Waals surface area contributed by atoms with E-state index >= 15 is 0 Å². The lowest BCUT2D eigenvalue weighted by molar-refractivity contribution is 0.533. The summed E-state index contributed by atoms with van der Waals surface area (Å²) in [5.41, 5.74) is 4.63. The summed E-state index contributed by atoms with van der Waals surface area (Å²) < 4.78 is 0. The minimum Gasteiger partial charge on any atom is -0.371 e. The number of hydrogen-bond acceptors (Lipinski definition) is 3. The zero-order chi connectivity index (χ0) is 11.9. The summed E-state index contributed by atoms with van der Waals surface area (Å²) in [5.74, 6) is 1.75. The van der Waals surface area contributed by atoms with Crippen LogP contribution >= 0.6 is 0 Å². The van der Waals surface area contributed by atoms with Crippen LogP contribution in [0.4, 0.5) is 5.69 Å². The van der Waals surface area contributed by atoms with E-state index in [2.05, 4.69) is 33.7 Å². The van der Waals surface area contributed by atoms with Crippen molar-refractivity contribution in [2.75, 3.05) is 37.6 Å². The van der Waals surface area contributed by atoms with Crippen LogP contribution in [0.1, 0.15) is 11.1 Å². The molecule has 0 aliphatic carbocycles. The first-order chi connectivity index (χ1) is 8.92. The SMILES string of the molecule is c1cc2c(c(N3CC4CNCC4C3)c1)CCNC2. The van der Waals surface area contributed by atoms with E-state index < -0.39 is 0 Å². The van der Waals surface area contributed by atoms with Gasteiger partial charge >= 0.3 is 0 Å². The van der Waals surface area contributed by atoms with Crippen molar-refractivity contribution in [3.63, 3.8) is 0 Å². The monoisotopic (exact) mass is 243 g/mol. The normalized spacial score (nSPS) is 30.3. The van der Waals surface area contributed by atoms with Crippen molar-refractivity contribution in [3.05, 3.63) is 29.3 Å². The Morgan fingerprint density at radius 2 is 1.89 bits per heavy atom. The lowest BCUT2D eigenvalue weighted by atomic mass is 9.98. The summed E-state index contributed by atoms with van der Waals surface area (Å²) in [6, 6.07) is 6.84. The molecule has 3 heteroatoms. The second kappa shape index (κ2) is 4.25. The van der Waals surface area contributed by atoms with Gasteiger partial charge in [0.15, 0.2) is 0 Å². The van der Waals surface area contributed by atoms with E-state index in [4.69, 9.17) is 0 Å². The summed E-state index contributed by atoms with van der Waals surface area (Å²) in [6.07, 6.45) is 1.19. The van der Waals surface area contributed by atoms with Gasteiger partial charge < -0.3 is 15.5 Å². The van der Waals surface area contributed by atoms with E-state index in [9.17, 15) is 0 Å². The van der Waals surface area contributed by atoms with Crippen LogP contribution < -0.4 is 15.5 Å². The van der Waals surface area contributed by atoms with Crippen LogP contribution in [0.3, 0.4) is 0 Å². The van der Waals surface area contributed by atoms with Crippen LogP contribution in [0.2, 0.25) is 0 Å². The Labute approximate surface area is 109 Å². The number of anilines is 1. The standard InChI is InChI=1S/C15H21N3/c1-2-11-6-16-5-4-14(11)15(3-1)18-9-12-7-17-8-13(12)10-18/h1-3,12-13,16-17H,4-10H2. The average molecular weight is 243 g/mol. The molecule has 3 heterocycles. The number of nitrogens with zero attached hydrogens (tertiary/aromatic N) is 1. The largest absolute Gasteiger partial charge is 0.371 e. The maximum absolute atomic E-state index is 3.52. The summed E-state index contributed by atoms with van der Waals surface area (Å²) in [5, 5.41) is 6.99. The van der Waals surface area contributed by atoms with Crippen LogP contribution in [-0.4, -0.2) is 32.7 Å². The Morgan fingerprint density at radius 3 is 2.72 bits per heavy atom. The van der Waals surface area contributed by atoms with E-state index in [0.717, 1.165) is 24.9 Å². The molecule has 3 aliphatic heterocycles. The molecule has 0 saturated carbocycles. The fourth-order valence-electron chi connectivity index (χ4n) is 3.86. The summed E-state index contributed by atoms with van der Waals surface area (Å²) in [7, 11) is 0. The zero-order valence-corrected chi connectivity index (χ0v) is 10.8. The number of hydrogen-bond donors (Lipinski definition) is 2. The van der Waals surface area contributed by atoms with E-state index in [1.165, 1.54) is 43.9 Å². The maximum atomic E-state index is 3.52. The molecule has 0 aromatic heterocycles.